The Balaban J connectivity index is 0.00000176. The van der Waals surface area contributed by atoms with E-state index in [1.807, 2.05) is 11.4 Å². The fourth-order valence-corrected chi connectivity index (χ4v) is 3.63. The number of rotatable bonds is 5. The molecule has 0 radical (unpaired) electrons. The highest BCUT2D eigenvalue weighted by atomic mass is 35.5. The summed E-state index contributed by atoms with van der Waals surface area (Å²) in [5, 5.41) is 5.35. The molecule has 5 nitrogen and oxygen atoms in total. The third-order valence-electron chi connectivity index (χ3n) is 4.13. The maximum absolute atomic E-state index is 12.0. The Hall–Kier alpha value is -0.950. The molecule has 0 saturated carbocycles. The monoisotopic (exact) mass is 342 g/mol. The summed E-state index contributed by atoms with van der Waals surface area (Å²) in [7, 11) is 0. The molecular formula is C15H23ClN4OS. The predicted molar refractivity (Wildman–Crippen MR) is 94.0 cm³/mol. The number of nitrogens with zero attached hydrogens (tertiary/aromatic N) is 2. The normalized spacial score (nSPS) is 16.8. The Morgan fingerprint density at radius 2 is 2.23 bits per heavy atom. The Kier molecular flexibility index (Phi) is 6.37. The first-order chi connectivity index (χ1) is 10.3. The lowest BCUT2D eigenvalue weighted by Gasteiger charge is -2.31. The lowest BCUT2D eigenvalue weighted by Crippen LogP contribution is -2.37. The predicted octanol–water partition coefficient (Wildman–Crippen LogP) is 2.23. The van der Waals surface area contributed by atoms with E-state index >= 15 is 0 Å². The van der Waals surface area contributed by atoms with Crippen LogP contribution in [0.25, 0.3) is 10.2 Å². The summed E-state index contributed by atoms with van der Waals surface area (Å²) in [6, 6.07) is 1.92. The Morgan fingerprint density at radius 1 is 1.45 bits per heavy atom. The molecule has 0 aromatic carbocycles. The maximum atomic E-state index is 12.0. The molecule has 3 heterocycles. The van der Waals surface area contributed by atoms with Crippen LogP contribution in [-0.2, 0) is 6.54 Å². The number of likely N-dealkylation sites (tertiary alicyclic amines) is 1. The number of nitrogens with one attached hydrogen (secondary N) is 2. The van der Waals surface area contributed by atoms with Crippen molar-refractivity contribution in [3.8, 4) is 0 Å². The van der Waals surface area contributed by atoms with Crippen LogP contribution in [0.1, 0.15) is 25.6 Å². The molecular weight excluding hydrogens is 320 g/mol. The van der Waals surface area contributed by atoms with E-state index in [1.54, 1.807) is 0 Å². The third-order valence-corrected chi connectivity index (χ3v) is 5.03. The van der Waals surface area contributed by atoms with E-state index in [1.165, 1.54) is 24.2 Å². The molecule has 7 heteroatoms. The van der Waals surface area contributed by atoms with Gasteiger partial charge in [-0.15, -0.1) is 23.7 Å². The average Bonchev–Trinajstić information content (AvgIpc) is 2.95. The van der Waals surface area contributed by atoms with Crippen LogP contribution in [0, 0.1) is 5.92 Å². The first kappa shape index (κ1) is 17.4. The highest BCUT2D eigenvalue weighted by molar-refractivity contribution is 7.17. The Bertz CT molecular complexity index is 648. The fourth-order valence-electron chi connectivity index (χ4n) is 2.91. The van der Waals surface area contributed by atoms with Crippen LogP contribution in [-0.4, -0.2) is 41.0 Å². The van der Waals surface area contributed by atoms with Crippen molar-refractivity contribution >= 4 is 34.0 Å². The first-order valence-corrected chi connectivity index (χ1v) is 8.53. The zero-order valence-electron chi connectivity index (χ0n) is 12.8. The summed E-state index contributed by atoms with van der Waals surface area (Å²) in [6.45, 7) is 7.24. The van der Waals surface area contributed by atoms with E-state index in [0.29, 0.717) is 0 Å². The number of piperidine rings is 1. The number of thiophene rings is 1. The molecule has 0 spiro atoms. The lowest BCUT2D eigenvalue weighted by atomic mass is 9.97. The summed E-state index contributed by atoms with van der Waals surface area (Å²) in [6.07, 6.45) is 2.44. The van der Waals surface area contributed by atoms with Gasteiger partial charge in [0.15, 0.2) is 0 Å². The molecule has 0 atom stereocenters. The molecule has 2 aromatic heterocycles. The fraction of sp³-hybridized carbons (Fsp3) is 0.600. The van der Waals surface area contributed by atoms with Gasteiger partial charge >= 0.3 is 0 Å². The Morgan fingerprint density at radius 3 is 2.95 bits per heavy atom. The van der Waals surface area contributed by atoms with Gasteiger partial charge in [0.25, 0.3) is 5.56 Å². The van der Waals surface area contributed by atoms with Gasteiger partial charge < -0.3 is 10.3 Å². The quantitative estimate of drug-likeness (QED) is 0.874. The maximum Gasteiger partial charge on any atom is 0.268 e. The zero-order chi connectivity index (χ0) is 14.7. The highest BCUT2D eigenvalue weighted by Gasteiger charge is 2.19. The number of hydrogen-bond donors (Lipinski definition) is 2. The molecule has 2 aromatic rings. The van der Waals surface area contributed by atoms with Crippen molar-refractivity contribution in [1.82, 2.24) is 20.2 Å². The van der Waals surface area contributed by atoms with Gasteiger partial charge in [-0.25, -0.2) is 4.98 Å². The van der Waals surface area contributed by atoms with Crippen LogP contribution in [0.4, 0.5) is 0 Å². The molecule has 1 aliphatic rings. The van der Waals surface area contributed by atoms with Gasteiger partial charge in [0.2, 0.25) is 0 Å². The van der Waals surface area contributed by atoms with E-state index in [9.17, 15) is 4.79 Å². The second-order valence-corrected chi connectivity index (χ2v) is 6.59. The summed E-state index contributed by atoms with van der Waals surface area (Å²) < 4.78 is 0.725. The second-order valence-electron chi connectivity index (χ2n) is 5.67. The summed E-state index contributed by atoms with van der Waals surface area (Å²) in [5.41, 5.74) is 0.813. The molecule has 1 fully saturated rings. The van der Waals surface area contributed by atoms with Crippen molar-refractivity contribution < 1.29 is 0 Å². The number of hydrogen-bond acceptors (Lipinski definition) is 5. The van der Waals surface area contributed by atoms with E-state index in [2.05, 4.69) is 27.1 Å². The number of aromatic nitrogens is 2. The second kappa shape index (κ2) is 8.06. The van der Waals surface area contributed by atoms with E-state index in [-0.39, 0.29) is 18.0 Å². The summed E-state index contributed by atoms with van der Waals surface area (Å²) in [4.78, 5) is 21.8. The van der Waals surface area contributed by atoms with Gasteiger partial charge in [0.05, 0.1) is 12.1 Å². The molecule has 0 bridgehead atoms. The lowest BCUT2D eigenvalue weighted by molar-refractivity contribution is 0.172. The third kappa shape index (κ3) is 4.07. The molecule has 22 heavy (non-hydrogen) atoms. The van der Waals surface area contributed by atoms with Crippen molar-refractivity contribution in [2.24, 2.45) is 5.92 Å². The molecule has 2 N–H and O–H groups in total. The van der Waals surface area contributed by atoms with E-state index < -0.39 is 0 Å². The summed E-state index contributed by atoms with van der Waals surface area (Å²) >= 11 is 1.45. The largest absolute Gasteiger partial charge is 0.317 e. The Labute approximate surface area is 140 Å². The molecule has 1 saturated heterocycles. The molecule has 122 valence electrons. The number of fused-ring (bicyclic) bond motifs is 1. The van der Waals surface area contributed by atoms with Gasteiger partial charge in [0.1, 0.15) is 10.5 Å². The smallest absolute Gasteiger partial charge is 0.268 e. The standard InChI is InChI=1S/C15H22N4OS.ClH/c1-2-16-9-11-3-6-19(7-4-11)10-13-17-12-5-8-21-14(12)15(20)18-13;/h5,8,11,16H,2-4,6-7,9-10H2,1H3,(H,17,18,20);1H. The molecule has 0 aliphatic carbocycles. The van der Waals surface area contributed by atoms with Crippen LogP contribution in [0.5, 0.6) is 0 Å². The van der Waals surface area contributed by atoms with E-state index in [0.717, 1.165) is 54.7 Å². The minimum atomic E-state index is -0.00738. The first-order valence-electron chi connectivity index (χ1n) is 7.65. The molecule has 0 unspecified atom stereocenters. The van der Waals surface area contributed by atoms with Gasteiger partial charge in [-0.2, -0.15) is 0 Å². The number of halogens is 1. The van der Waals surface area contributed by atoms with Crippen LogP contribution in [0.3, 0.4) is 0 Å². The number of H-pyrrole nitrogens is 1. The van der Waals surface area contributed by atoms with Crippen molar-refractivity contribution in [1.29, 1.82) is 0 Å². The van der Waals surface area contributed by atoms with Crippen LogP contribution < -0.4 is 10.9 Å². The van der Waals surface area contributed by atoms with Crippen molar-refractivity contribution in [3.63, 3.8) is 0 Å². The van der Waals surface area contributed by atoms with Crippen LogP contribution >= 0.6 is 23.7 Å². The van der Waals surface area contributed by atoms with Gasteiger partial charge in [0, 0.05) is 0 Å². The highest BCUT2D eigenvalue weighted by Crippen LogP contribution is 2.18. The van der Waals surface area contributed by atoms with Crippen molar-refractivity contribution in [3.05, 3.63) is 27.6 Å². The molecule has 3 rings (SSSR count). The average molecular weight is 343 g/mol. The van der Waals surface area contributed by atoms with E-state index in [4.69, 9.17) is 0 Å². The van der Waals surface area contributed by atoms with Crippen LogP contribution in [0.15, 0.2) is 16.2 Å². The van der Waals surface area contributed by atoms with Crippen molar-refractivity contribution in [2.45, 2.75) is 26.3 Å². The molecule has 1 aliphatic heterocycles. The SMILES string of the molecule is CCNCC1CCN(Cc2nc3ccsc3c(=O)[nH]2)CC1.Cl. The minimum Gasteiger partial charge on any atom is -0.317 e. The van der Waals surface area contributed by atoms with Gasteiger partial charge in [-0.3, -0.25) is 9.69 Å². The zero-order valence-corrected chi connectivity index (χ0v) is 14.4. The molecule has 0 amide bonds. The van der Waals surface area contributed by atoms with Crippen molar-refractivity contribution in [2.75, 3.05) is 26.2 Å². The minimum absolute atomic E-state index is 0. The van der Waals surface area contributed by atoms with Crippen LogP contribution in [0.2, 0.25) is 0 Å². The van der Waals surface area contributed by atoms with Gasteiger partial charge in [-0.05, 0) is 56.4 Å². The van der Waals surface area contributed by atoms with Gasteiger partial charge in [-0.1, -0.05) is 6.92 Å². The summed E-state index contributed by atoms with van der Waals surface area (Å²) in [5.74, 6) is 1.57. The topological polar surface area (TPSA) is 61.0 Å². The number of aromatic amines is 1.